The molecule has 2 rings (SSSR count). The van der Waals surface area contributed by atoms with Gasteiger partial charge >= 0.3 is 0 Å². The van der Waals surface area contributed by atoms with E-state index in [9.17, 15) is 10.2 Å². The second kappa shape index (κ2) is 6.50. The number of hydrogen-bond donors (Lipinski definition) is 3. The van der Waals surface area contributed by atoms with Gasteiger partial charge in [0.2, 0.25) is 0 Å². The van der Waals surface area contributed by atoms with Gasteiger partial charge in [-0.15, -0.1) is 0 Å². The average molecular weight is 271 g/mol. The number of piperazine rings is 1. The quantitative estimate of drug-likeness (QED) is 0.744. The summed E-state index contributed by atoms with van der Waals surface area (Å²) in [5, 5.41) is 22.6. The molecule has 0 saturated carbocycles. The van der Waals surface area contributed by atoms with Gasteiger partial charge in [0.25, 0.3) is 0 Å². The van der Waals surface area contributed by atoms with Crippen LogP contribution in [0.25, 0.3) is 0 Å². The third-order valence-electron chi connectivity index (χ3n) is 3.38. The Bertz CT molecular complexity index is 389. The first-order chi connectivity index (χ1) is 8.74. The minimum atomic E-state index is 0.0651. The van der Waals surface area contributed by atoms with Gasteiger partial charge < -0.3 is 15.5 Å². The van der Waals surface area contributed by atoms with Crippen LogP contribution in [0.1, 0.15) is 5.56 Å². The van der Waals surface area contributed by atoms with Crippen LogP contribution in [0.2, 0.25) is 5.02 Å². The average Bonchev–Trinajstić information content (AvgIpc) is 2.41. The van der Waals surface area contributed by atoms with Gasteiger partial charge in [-0.2, -0.15) is 0 Å². The maximum atomic E-state index is 9.39. The Kier molecular flexibility index (Phi) is 4.97. The van der Waals surface area contributed by atoms with Crippen molar-refractivity contribution in [1.82, 2.24) is 10.2 Å². The van der Waals surface area contributed by atoms with Crippen molar-refractivity contribution in [3.63, 3.8) is 0 Å². The molecule has 4 nitrogen and oxygen atoms in total. The second-order valence-corrected chi connectivity index (χ2v) is 5.05. The van der Waals surface area contributed by atoms with Crippen molar-refractivity contribution in [2.75, 3.05) is 26.3 Å². The minimum Gasteiger partial charge on any atom is -0.395 e. The number of halogens is 1. The monoisotopic (exact) mass is 270 g/mol. The zero-order valence-corrected chi connectivity index (χ0v) is 11.0. The molecule has 1 aromatic carbocycles. The smallest absolute Gasteiger partial charge is 0.0599 e. The lowest BCUT2D eigenvalue weighted by molar-refractivity contribution is 0.0590. The van der Waals surface area contributed by atoms with Gasteiger partial charge in [0.15, 0.2) is 0 Å². The molecule has 0 aromatic heterocycles. The number of hydrogen-bond acceptors (Lipinski definition) is 4. The fourth-order valence-electron chi connectivity index (χ4n) is 2.27. The highest BCUT2D eigenvalue weighted by Crippen LogP contribution is 2.19. The molecule has 0 bridgehead atoms. The molecule has 1 heterocycles. The summed E-state index contributed by atoms with van der Waals surface area (Å²) in [6, 6.07) is 7.87. The van der Waals surface area contributed by atoms with Crippen molar-refractivity contribution < 1.29 is 10.2 Å². The van der Waals surface area contributed by atoms with E-state index in [1.807, 2.05) is 24.3 Å². The van der Waals surface area contributed by atoms with Crippen LogP contribution in [0.4, 0.5) is 0 Å². The largest absolute Gasteiger partial charge is 0.395 e. The zero-order chi connectivity index (χ0) is 13.0. The molecule has 0 amide bonds. The first-order valence-electron chi connectivity index (χ1n) is 6.17. The van der Waals surface area contributed by atoms with Crippen molar-refractivity contribution in [3.8, 4) is 0 Å². The third-order valence-corrected chi connectivity index (χ3v) is 3.74. The molecule has 100 valence electrons. The molecular formula is C13H19ClN2O2. The van der Waals surface area contributed by atoms with Gasteiger partial charge in [0.1, 0.15) is 0 Å². The summed E-state index contributed by atoms with van der Waals surface area (Å²) in [6.45, 7) is 2.31. The first-order valence-corrected chi connectivity index (χ1v) is 6.55. The Morgan fingerprint density at radius 1 is 1.28 bits per heavy atom. The molecule has 5 heteroatoms. The molecule has 0 spiro atoms. The molecule has 1 aliphatic rings. The van der Waals surface area contributed by atoms with E-state index in [0.29, 0.717) is 19.6 Å². The third kappa shape index (κ3) is 3.22. The van der Waals surface area contributed by atoms with Crippen molar-refractivity contribution >= 4 is 11.6 Å². The van der Waals surface area contributed by atoms with Crippen LogP contribution in [0.15, 0.2) is 24.3 Å². The molecule has 0 radical (unpaired) electrons. The van der Waals surface area contributed by atoms with E-state index in [-0.39, 0.29) is 25.3 Å². The lowest BCUT2D eigenvalue weighted by Crippen LogP contribution is -2.58. The highest BCUT2D eigenvalue weighted by Gasteiger charge is 2.27. The van der Waals surface area contributed by atoms with E-state index >= 15 is 0 Å². The number of rotatable bonds is 4. The molecule has 18 heavy (non-hydrogen) atoms. The van der Waals surface area contributed by atoms with Gasteiger partial charge in [-0.05, 0) is 11.6 Å². The van der Waals surface area contributed by atoms with Gasteiger partial charge in [-0.25, -0.2) is 0 Å². The Morgan fingerprint density at radius 3 is 2.72 bits per heavy atom. The van der Waals surface area contributed by atoms with Gasteiger partial charge in [0, 0.05) is 36.7 Å². The van der Waals surface area contributed by atoms with E-state index in [4.69, 9.17) is 11.6 Å². The molecule has 1 aromatic rings. The predicted molar refractivity (Wildman–Crippen MR) is 71.6 cm³/mol. The summed E-state index contributed by atoms with van der Waals surface area (Å²) < 4.78 is 0. The minimum absolute atomic E-state index is 0.0651. The van der Waals surface area contributed by atoms with Gasteiger partial charge in [0.05, 0.1) is 13.2 Å². The maximum Gasteiger partial charge on any atom is 0.0599 e. The van der Waals surface area contributed by atoms with Crippen LogP contribution in [0.5, 0.6) is 0 Å². The zero-order valence-electron chi connectivity index (χ0n) is 10.2. The summed E-state index contributed by atoms with van der Waals surface area (Å²) in [7, 11) is 0. The van der Waals surface area contributed by atoms with Crippen molar-refractivity contribution in [2.45, 2.75) is 18.6 Å². The molecule has 3 N–H and O–H groups in total. The first kappa shape index (κ1) is 13.8. The highest BCUT2D eigenvalue weighted by molar-refractivity contribution is 6.31. The summed E-state index contributed by atoms with van der Waals surface area (Å²) in [5.41, 5.74) is 1.05. The summed E-state index contributed by atoms with van der Waals surface area (Å²) >= 11 is 6.15. The topological polar surface area (TPSA) is 55.7 Å². The van der Waals surface area contributed by atoms with E-state index in [1.54, 1.807) is 0 Å². The van der Waals surface area contributed by atoms with Crippen LogP contribution in [0.3, 0.4) is 0 Å². The van der Waals surface area contributed by atoms with Crippen LogP contribution in [0, 0.1) is 0 Å². The van der Waals surface area contributed by atoms with E-state index in [1.165, 1.54) is 0 Å². The predicted octanol–water partition coefficient (Wildman–Crippen LogP) is 0.467. The lowest BCUT2D eigenvalue weighted by Gasteiger charge is -2.39. The molecule has 0 aliphatic carbocycles. The number of benzene rings is 1. The Hall–Kier alpha value is -0.650. The number of aliphatic hydroxyl groups is 2. The number of nitrogens with one attached hydrogen (secondary N) is 1. The van der Waals surface area contributed by atoms with Crippen LogP contribution >= 0.6 is 11.6 Å². The Morgan fingerprint density at radius 2 is 2.06 bits per heavy atom. The molecule has 2 unspecified atom stereocenters. The standard InChI is InChI=1S/C13H19ClN2O2/c14-13-4-2-1-3-10(13)6-16-7-11(8-17)15-5-12(16)9-18/h1-4,11-12,15,17-18H,5-9H2. The van der Waals surface area contributed by atoms with Gasteiger partial charge in [-0.3, -0.25) is 4.90 Å². The van der Waals surface area contributed by atoms with Crippen molar-refractivity contribution in [3.05, 3.63) is 34.9 Å². The van der Waals surface area contributed by atoms with Gasteiger partial charge in [-0.1, -0.05) is 29.8 Å². The molecule has 1 fully saturated rings. The van der Waals surface area contributed by atoms with Crippen LogP contribution in [-0.2, 0) is 6.54 Å². The molecule has 1 saturated heterocycles. The molecular weight excluding hydrogens is 252 g/mol. The fourth-order valence-corrected chi connectivity index (χ4v) is 2.47. The number of aliphatic hydroxyl groups excluding tert-OH is 2. The Labute approximate surface area is 112 Å². The SMILES string of the molecule is OCC1CN(Cc2ccccc2Cl)C(CO)CN1. The van der Waals surface area contributed by atoms with E-state index in [0.717, 1.165) is 10.6 Å². The number of nitrogens with zero attached hydrogens (tertiary/aromatic N) is 1. The normalized spacial score (nSPS) is 25.3. The molecule has 1 aliphatic heterocycles. The fraction of sp³-hybridized carbons (Fsp3) is 0.538. The summed E-state index contributed by atoms with van der Waals surface area (Å²) in [4.78, 5) is 2.17. The molecule has 2 atom stereocenters. The second-order valence-electron chi connectivity index (χ2n) is 4.64. The van der Waals surface area contributed by atoms with E-state index in [2.05, 4.69) is 10.2 Å². The Balaban J connectivity index is 2.07. The van der Waals surface area contributed by atoms with Crippen LogP contribution in [-0.4, -0.2) is 53.5 Å². The van der Waals surface area contributed by atoms with Crippen molar-refractivity contribution in [2.24, 2.45) is 0 Å². The van der Waals surface area contributed by atoms with Crippen LogP contribution < -0.4 is 5.32 Å². The maximum absolute atomic E-state index is 9.39. The summed E-state index contributed by atoms with van der Waals surface area (Å²) in [6.07, 6.45) is 0. The highest BCUT2D eigenvalue weighted by atomic mass is 35.5. The van der Waals surface area contributed by atoms with E-state index < -0.39 is 0 Å². The van der Waals surface area contributed by atoms with Crippen molar-refractivity contribution in [1.29, 1.82) is 0 Å². The summed E-state index contributed by atoms with van der Waals surface area (Å²) in [5.74, 6) is 0. The lowest BCUT2D eigenvalue weighted by atomic mass is 10.1.